The van der Waals surface area contributed by atoms with Crippen LogP contribution in [0.15, 0.2) is 47.6 Å². The van der Waals surface area contributed by atoms with Gasteiger partial charge in [0.25, 0.3) is 11.8 Å². The first-order valence-corrected chi connectivity index (χ1v) is 10.3. The topological polar surface area (TPSA) is 98.7 Å². The van der Waals surface area contributed by atoms with Gasteiger partial charge in [-0.05, 0) is 42.8 Å². The number of methoxy groups -OCH3 is 1. The molecule has 0 saturated carbocycles. The van der Waals surface area contributed by atoms with Crippen molar-refractivity contribution in [3.8, 4) is 17.2 Å². The maximum atomic E-state index is 12.3. The molecule has 3 rings (SSSR count). The van der Waals surface area contributed by atoms with Gasteiger partial charge in [0.05, 0.1) is 38.7 Å². The number of carbonyl (C=O) groups is 2. The molecule has 0 unspecified atom stereocenters. The van der Waals surface area contributed by atoms with E-state index in [2.05, 4.69) is 10.5 Å². The first-order chi connectivity index (χ1) is 15.6. The molecule has 1 heterocycles. The van der Waals surface area contributed by atoms with Crippen molar-refractivity contribution in [2.75, 3.05) is 46.6 Å². The van der Waals surface area contributed by atoms with Crippen molar-refractivity contribution < 1.29 is 28.5 Å². The summed E-state index contributed by atoms with van der Waals surface area (Å²) in [6.45, 7) is 4.42. The first-order valence-electron chi connectivity index (χ1n) is 10.3. The summed E-state index contributed by atoms with van der Waals surface area (Å²) >= 11 is 0. The number of amides is 2. The van der Waals surface area contributed by atoms with Crippen LogP contribution in [0.2, 0.25) is 0 Å². The van der Waals surface area contributed by atoms with Crippen LogP contribution in [0.4, 0.5) is 0 Å². The maximum absolute atomic E-state index is 12.3. The molecule has 9 heteroatoms. The third-order valence-electron chi connectivity index (χ3n) is 4.71. The smallest absolute Gasteiger partial charge is 0.275 e. The van der Waals surface area contributed by atoms with Gasteiger partial charge in [-0.3, -0.25) is 9.59 Å². The van der Waals surface area contributed by atoms with Crippen molar-refractivity contribution in [1.29, 1.82) is 0 Å². The second kappa shape index (κ2) is 11.7. The van der Waals surface area contributed by atoms with Gasteiger partial charge in [-0.25, -0.2) is 5.43 Å². The summed E-state index contributed by atoms with van der Waals surface area (Å²) in [7, 11) is 1.50. The lowest BCUT2D eigenvalue weighted by atomic mass is 10.2. The van der Waals surface area contributed by atoms with Gasteiger partial charge in [0.1, 0.15) is 5.75 Å². The van der Waals surface area contributed by atoms with Crippen LogP contribution in [0.1, 0.15) is 22.8 Å². The van der Waals surface area contributed by atoms with Gasteiger partial charge in [0.15, 0.2) is 18.1 Å². The molecule has 0 aromatic heterocycles. The highest BCUT2D eigenvalue weighted by atomic mass is 16.5. The quantitative estimate of drug-likeness (QED) is 0.473. The van der Waals surface area contributed by atoms with Crippen LogP contribution in [0.3, 0.4) is 0 Å². The summed E-state index contributed by atoms with van der Waals surface area (Å²) in [5.74, 6) is 0.934. The highest BCUT2D eigenvalue weighted by molar-refractivity contribution is 5.97. The Morgan fingerprint density at radius 2 is 1.88 bits per heavy atom. The van der Waals surface area contributed by atoms with E-state index in [4.69, 9.17) is 18.9 Å². The summed E-state index contributed by atoms with van der Waals surface area (Å²) in [6.07, 6.45) is 1.50. The molecule has 9 nitrogen and oxygen atoms in total. The Balaban J connectivity index is 1.61. The largest absolute Gasteiger partial charge is 0.496 e. The second-order valence-electron chi connectivity index (χ2n) is 6.82. The number of hydrogen-bond acceptors (Lipinski definition) is 7. The first kappa shape index (κ1) is 23.1. The van der Waals surface area contributed by atoms with Gasteiger partial charge in [-0.1, -0.05) is 12.1 Å². The molecule has 2 aromatic carbocycles. The van der Waals surface area contributed by atoms with Gasteiger partial charge >= 0.3 is 0 Å². The lowest BCUT2D eigenvalue weighted by Gasteiger charge is -2.26. The fourth-order valence-corrected chi connectivity index (χ4v) is 3.09. The summed E-state index contributed by atoms with van der Waals surface area (Å²) in [5, 5.41) is 4.01. The van der Waals surface area contributed by atoms with Crippen molar-refractivity contribution in [2.45, 2.75) is 6.92 Å². The zero-order valence-corrected chi connectivity index (χ0v) is 18.2. The number of nitrogens with one attached hydrogen (secondary N) is 1. The fraction of sp³-hybridized carbons (Fsp3) is 0.348. The van der Waals surface area contributed by atoms with Crippen LogP contribution in [0, 0.1) is 0 Å². The fourth-order valence-electron chi connectivity index (χ4n) is 3.09. The van der Waals surface area contributed by atoms with Gasteiger partial charge in [-0.2, -0.15) is 5.10 Å². The maximum Gasteiger partial charge on any atom is 0.275 e. The molecule has 1 N–H and O–H groups in total. The number of para-hydroxylation sites is 1. The van der Waals surface area contributed by atoms with Gasteiger partial charge in [0, 0.05) is 13.1 Å². The van der Waals surface area contributed by atoms with Crippen LogP contribution in [-0.4, -0.2) is 69.6 Å². The summed E-state index contributed by atoms with van der Waals surface area (Å²) in [5.41, 5.74) is 3.56. The van der Waals surface area contributed by atoms with E-state index in [1.54, 1.807) is 47.4 Å². The molecule has 1 saturated heterocycles. The third kappa shape index (κ3) is 6.21. The molecule has 1 fully saturated rings. The Morgan fingerprint density at radius 1 is 1.09 bits per heavy atom. The zero-order chi connectivity index (χ0) is 22.8. The standard InChI is InChI=1S/C23H27N3O6/c1-3-31-21-14-17(15-24-25-23(28)18-6-4-5-7-19(18)29-2)8-9-20(21)32-16-22(27)26-10-12-30-13-11-26/h4-9,14-15H,3,10-13,16H2,1-2H3,(H,25,28)/b24-15-. The number of carbonyl (C=O) groups excluding carboxylic acids is 2. The number of ether oxygens (including phenoxy) is 4. The van der Waals surface area contributed by atoms with Gasteiger partial charge in [0.2, 0.25) is 0 Å². The predicted octanol–water partition coefficient (Wildman–Crippen LogP) is 2.10. The highest BCUT2D eigenvalue weighted by Crippen LogP contribution is 2.28. The van der Waals surface area contributed by atoms with Crippen LogP contribution >= 0.6 is 0 Å². The lowest BCUT2D eigenvalue weighted by molar-refractivity contribution is -0.137. The Labute approximate surface area is 186 Å². The molecule has 0 bridgehead atoms. The van der Waals surface area contributed by atoms with Crippen LogP contribution < -0.4 is 19.6 Å². The van der Waals surface area contributed by atoms with E-state index in [-0.39, 0.29) is 18.4 Å². The molecule has 170 valence electrons. The Morgan fingerprint density at radius 3 is 2.62 bits per heavy atom. The molecule has 2 amide bonds. The number of morpholine rings is 1. The summed E-state index contributed by atoms with van der Waals surface area (Å²) in [6, 6.07) is 12.1. The highest BCUT2D eigenvalue weighted by Gasteiger charge is 2.18. The van der Waals surface area contributed by atoms with Gasteiger partial charge < -0.3 is 23.8 Å². The molecule has 2 aromatic rings. The SMILES string of the molecule is CCOc1cc(/C=N\NC(=O)c2ccccc2OC)ccc1OCC(=O)N1CCOCC1. The van der Waals surface area contributed by atoms with Crippen molar-refractivity contribution in [3.63, 3.8) is 0 Å². The van der Waals surface area contributed by atoms with E-state index in [0.29, 0.717) is 61.3 Å². The number of benzene rings is 2. The average Bonchev–Trinajstić information content (AvgIpc) is 2.84. The van der Waals surface area contributed by atoms with E-state index in [1.165, 1.54) is 13.3 Å². The molecule has 0 aliphatic carbocycles. The van der Waals surface area contributed by atoms with Crippen molar-refractivity contribution in [1.82, 2.24) is 10.3 Å². The monoisotopic (exact) mass is 441 g/mol. The number of hydrazone groups is 1. The molecule has 1 aliphatic rings. The molecular weight excluding hydrogens is 414 g/mol. The Kier molecular flexibility index (Phi) is 8.44. The van der Waals surface area contributed by atoms with Crippen molar-refractivity contribution >= 4 is 18.0 Å². The Hall–Kier alpha value is -3.59. The molecular formula is C23H27N3O6. The predicted molar refractivity (Wildman–Crippen MR) is 119 cm³/mol. The van der Waals surface area contributed by atoms with E-state index < -0.39 is 0 Å². The molecule has 0 spiro atoms. The van der Waals surface area contributed by atoms with Crippen LogP contribution in [0.25, 0.3) is 0 Å². The van der Waals surface area contributed by atoms with Gasteiger partial charge in [-0.15, -0.1) is 0 Å². The Bertz CT molecular complexity index is 956. The van der Waals surface area contributed by atoms with Crippen molar-refractivity contribution in [2.24, 2.45) is 5.10 Å². The molecule has 32 heavy (non-hydrogen) atoms. The van der Waals surface area contributed by atoms with E-state index in [9.17, 15) is 9.59 Å². The number of hydrogen-bond donors (Lipinski definition) is 1. The lowest BCUT2D eigenvalue weighted by Crippen LogP contribution is -2.43. The van der Waals surface area contributed by atoms with Crippen LogP contribution in [0.5, 0.6) is 17.2 Å². The average molecular weight is 441 g/mol. The van der Waals surface area contributed by atoms with E-state index in [0.717, 1.165) is 0 Å². The second-order valence-corrected chi connectivity index (χ2v) is 6.82. The van der Waals surface area contributed by atoms with E-state index in [1.807, 2.05) is 6.92 Å². The summed E-state index contributed by atoms with van der Waals surface area (Å²) in [4.78, 5) is 26.4. The normalized spacial score (nSPS) is 13.6. The van der Waals surface area contributed by atoms with Crippen molar-refractivity contribution in [3.05, 3.63) is 53.6 Å². The summed E-state index contributed by atoms with van der Waals surface area (Å²) < 4.78 is 21.8. The molecule has 0 atom stereocenters. The van der Waals surface area contributed by atoms with E-state index >= 15 is 0 Å². The molecule has 0 radical (unpaired) electrons. The minimum absolute atomic E-state index is 0.0809. The third-order valence-corrected chi connectivity index (χ3v) is 4.71. The number of nitrogens with zero attached hydrogens (tertiary/aromatic N) is 2. The molecule has 1 aliphatic heterocycles. The minimum atomic E-state index is -0.384. The van der Waals surface area contributed by atoms with Crippen LogP contribution in [-0.2, 0) is 9.53 Å². The zero-order valence-electron chi connectivity index (χ0n) is 18.2. The minimum Gasteiger partial charge on any atom is -0.496 e. The number of rotatable bonds is 9.